The molecule has 2 aromatic rings. The van der Waals surface area contributed by atoms with Crippen LogP contribution in [-0.2, 0) is 20.9 Å². The second-order valence-corrected chi connectivity index (χ2v) is 6.21. The van der Waals surface area contributed by atoms with Crippen LogP contribution in [-0.4, -0.2) is 28.7 Å². The summed E-state index contributed by atoms with van der Waals surface area (Å²) >= 11 is 0. The second-order valence-electron chi connectivity index (χ2n) is 4.43. The summed E-state index contributed by atoms with van der Waals surface area (Å²) in [6.45, 7) is 1.88. The Kier molecular flexibility index (Phi) is 6.42. The number of aliphatic carboxylic acids is 1. The molecule has 0 saturated heterocycles. The van der Waals surface area contributed by atoms with Crippen molar-refractivity contribution in [1.29, 1.82) is 0 Å². The number of hydrogen-bond acceptors (Lipinski definition) is 5. The van der Waals surface area contributed by atoms with Crippen LogP contribution in [0.4, 0.5) is 13.2 Å². The topological polar surface area (TPSA) is 103 Å². The minimum atomic E-state index is -5.19. The molecule has 0 fully saturated rings. The fourth-order valence-electron chi connectivity index (χ4n) is 1.69. The molecule has 24 heavy (non-hydrogen) atoms. The van der Waals surface area contributed by atoms with E-state index in [1.807, 2.05) is 6.07 Å². The molecule has 0 aliphatic heterocycles. The molecule has 0 spiro atoms. The summed E-state index contributed by atoms with van der Waals surface area (Å²) in [5.74, 6) is -3.01. The van der Waals surface area contributed by atoms with E-state index in [9.17, 15) is 22.6 Å². The molecule has 1 unspecified atom stereocenters. The summed E-state index contributed by atoms with van der Waals surface area (Å²) in [6.07, 6.45) is -3.67. The average molecular weight is 366 g/mol. The Morgan fingerprint density at radius 3 is 2.46 bits per heavy atom. The van der Waals surface area contributed by atoms with Crippen molar-refractivity contribution < 1.29 is 41.7 Å². The number of benzene rings is 1. The zero-order valence-electron chi connectivity index (χ0n) is 12.6. The van der Waals surface area contributed by atoms with Gasteiger partial charge in [-0.05, 0) is 18.1 Å². The number of carboxylic acids is 1. The van der Waals surface area contributed by atoms with Gasteiger partial charge in [0.15, 0.2) is 7.05 Å². The van der Waals surface area contributed by atoms with Crippen LogP contribution in [0.15, 0.2) is 30.5 Å². The number of alkyl halides is 3. The zero-order chi connectivity index (χ0) is 18.5. The number of carbonyl (C=O) groups is 1. The van der Waals surface area contributed by atoms with Crippen molar-refractivity contribution in [2.75, 3.05) is 6.61 Å². The third-order valence-electron chi connectivity index (χ3n) is 2.59. The van der Waals surface area contributed by atoms with Crippen LogP contribution in [0.2, 0.25) is 0 Å². The van der Waals surface area contributed by atoms with Gasteiger partial charge in [0.05, 0.1) is 6.61 Å². The lowest BCUT2D eigenvalue weighted by molar-refractivity contribution is -0.727. The third kappa shape index (κ3) is 5.26. The van der Waals surface area contributed by atoms with E-state index in [1.54, 1.807) is 32.2 Å². The van der Waals surface area contributed by atoms with Gasteiger partial charge in [-0.15, -0.1) is 0 Å². The molecule has 0 radical (unpaired) electrons. The van der Waals surface area contributed by atoms with Crippen molar-refractivity contribution >= 4 is 29.8 Å². The SMILES string of the molecule is CCOP(=O)(O)c1c[n+](C)nc2ccccc12.O=C([O-])C(F)(F)F. The highest BCUT2D eigenvalue weighted by Gasteiger charge is 2.29. The Hall–Kier alpha value is -2.03. The Bertz CT molecular complexity index is 782. The molecule has 7 nitrogen and oxygen atoms in total. The van der Waals surface area contributed by atoms with Crippen LogP contribution in [0.5, 0.6) is 0 Å². The second kappa shape index (κ2) is 7.69. The van der Waals surface area contributed by atoms with Crippen molar-refractivity contribution in [1.82, 2.24) is 5.10 Å². The van der Waals surface area contributed by atoms with E-state index in [4.69, 9.17) is 14.4 Å². The molecule has 0 aliphatic carbocycles. The molecule has 1 aromatic heterocycles. The van der Waals surface area contributed by atoms with Gasteiger partial charge in [-0.25, -0.2) is 0 Å². The Balaban J connectivity index is 0.000000351. The number of rotatable bonds is 3. The first kappa shape index (κ1) is 20.0. The standard InChI is InChI=1S/C11H13N2O3P.C2HF3O2/c1-3-16-17(14,15)11-8-13(2)12-10-7-5-4-6-9(10)11;3-2(4,5)1(6)7/h4-8H,3H2,1-2H3;(H,6,7). The van der Waals surface area contributed by atoms with Gasteiger partial charge < -0.3 is 19.3 Å². The van der Waals surface area contributed by atoms with E-state index in [1.165, 1.54) is 10.9 Å². The van der Waals surface area contributed by atoms with Crippen LogP contribution in [0, 0.1) is 0 Å². The monoisotopic (exact) mass is 366 g/mol. The van der Waals surface area contributed by atoms with Crippen LogP contribution in [0.1, 0.15) is 6.92 Å². The van der Waals surface area contributed by atoms with Crippen LogP contribution in [0.25, 0.3) is 10.9 Å². The lowest BCUT2D eigenvalue weighted by Crippen LogP contribution is -2.37. The van der Waals surface area contributed by atoms with Crippen molar-refractivity contribution in [2.24, 2.45) is 7.05 Å². The molecular formula is C13H14F3N2O5P. The molecule has 0 aliphatic rings. The maximum absolute atomic E-state index is 12.1. The zero-order valence-corrected chi connectivity index (χ0v) is 13.5. The van der Waals surface area contributed by atoms with E-state index < -0.39 is 19.7 Å². The summed E-state index contributed by atoms with van der Waals surface area (Å²) in [5.41, 5.74) is 0.668. The molecule has 1 heterocycles. The lowest BCUT2D eigenvalue weighted by Gasteiger charge is -2.10. The smallest absolute Gasteiger partial charge is 0.430 e. The fraction of sp³-hybridized carbons (Fsp3) is 0.308. The fourth-order valence-corrected chi connectivity index (χ4v) is 2.99. The molecule has 1 N–H and O–H groups in total. The van der Waals surface area contributed by atoms with Crippen molar-refractivity contribution in [3.8, 4) is 0 Å². The number of halogens is 3. The first-order chi connectivity index (χ1) is 11.0. The maximum atomic E-state index is 12.1. The number of nitrogens with zero attached hydrogens (tertiary/aromatic N) is 2. The van der Waals surface area contributed by atoms with Gasteiger partial charge in [0.25, 0.3) is 0 Å². The molecule has 1 atom stereocenters. The van der Waals surface area contributed by atoms with E-state index in [-0.39, 0.29) is 11.9 Å². The molecule has 0 amide bonds. The van der Waals surface area contributed by atoms with E-state index in [2.05, 4.69) is 5.10 Å². The highest BCUT2D eigenvalue weighted by atomic mass is 31.2. The molecule has 1 aromatic carbocycles. The van der Waals surface area contributed by atoms with Crippen LogP contribution >= 0.6 is 7.60 Å². The number of carbonyl (C=O) groups excluding carboxylic acids is 1. The Morgan fingerprint density at radius 1 is 1.42 bits per heavy atom. The summed E-state index contributed by atoms with van der Waals surface area (Å²) in [5, 5.41) is 14.0. The summed E-state index contributed by atoms with van der Waals surface area (Å²) < 4.78 is 50.1. The molecule has 11 heteroatoms. The number of aromatic nitrogens is 2. The minimum absolute atomic E-state index is 0.189. The number of carboxylic acid groups (broad SMARTS) is 1. The summed E-state index contributed by atoms with van der Waals surface area (Å²) in [7, 11) is -2.07. The highest BCUT2D eigenvalue weighted by Crippen LogP contribution is 2.41. The van der Waals surface area contributed by atoms with Crippen LogP contribution < -0.4 is 15.1 Å². The predicted molar refractivity (Wildman–Crippen MR) is 75.1 cm³/mol. The van der Waals surface area contributed by atoms with Crippen molar-refractivity contribution in [2.45, 2.75) is 13.1 Å². The van der Waals surface area contributed by atoms with Gasteiger partial charge in [-0.2, -0.15) is 13.2 Å². The van der Waals surface area contributed by atoms with Gasteiger partial charge >= 0.3 is 13.8 Å². The normalized spacial score (nSPS) is 13.8. The summed E-state index contributed by atoms with van der Waals surface area (Å²) in [4.78, 5) is 18.7. The Morgan fingerprint density at radius 2 is 1.96 bits per heavy atom. The average Bonchev–Trinajstić information content (AvgIpc) is 2.45. The van der Waals surface area contributed by atoms with Gasteiger partial charge in [-0.1, -0.05) is 22.9 Å². The highest BCUT2D eigenvalue weighted by molar-refractivity contribution is 7.61. The van der Waals surface area contributed by atoms with Gasteiger partial charge in [0, 0.05) is 5.39 Å². The minimum Gasteiger partial charge on any atom is -0.542 e. The molecular weight excluding hydrogens is 352 g/mol. The first-order valence-electron chi connectivity index (χ1n) is 6.50. The number of fused-ring (bicyclic) bond motifs is 1. The largest absolute Gasteiger partial charge is 0.542 e. The van der Waals surface area contributed by atoms with Gasteiger partial charge in [0.2, 0.25) is 6.20 Å². The lowest BCUT2D eigenvalue weighted by atomic mass is 10.2. The van der Waals surface area contributed by atoms with Crippen molar-refractivity contribution in [3.05, 3.63) is 30.5 Å². The predicted octanol–water partition coefficient (Wildman–Crippen LogP) is 0.205. The van der Waals surface area contributed by atoms with Crippen LogP contribution in [0.3, 0.4) is 0 Å². The molecule has 0 bridgehead atoms. The molecule has 0 saturated carbocycles. The molecule has 2 rings (SSSR count). The van der Waals surface area contributed by atoms with Gasteiger partial charge in [0.1, 0.15) is 16.8 Å². The van der Waals surface area contributed by atoms with Crippen molar-refractivity contribution in [3.63, 3.8) is 0 Å². The summed E-state index contributed by atoms with van der Waals surface area (Å²) in [6, 6.07) is 7.20. The number of hydrogen-bond donors (Lipinski definition) is 1. The van der Waals surface area contributed by atoms with Gasteiger partial charge in [-0.3, -0.25) is 4.57 Å². The number of aryl methyl sites for hydroxylation is 1. The quantitative estimate of drug-likeness (QED) is 0.615. The first-order valence-corrected chi connectivity index (χ1v) is 8.08. The third-order valence-corrected chi connectivity index (χ3v) is 4.17. The van der Waals surface area contributed by atoms with E-state index >= 15 is 0 Å². The van der Waals surface area contributed by atoms with E-state index in [0.717, 1.165) is 0 Å². The molecule has 132 valence electrons. The Labute approximate surface area is 134 Å². The maximum Gasteiger partial charge on any atom is 0.430 e. The van der Waals surface area contributed by atoms with E-state index in [0.29, 0.717) is 10.9 Å².